The zero-order valence-electron chi connectivity index (χ0n) is 15.4. The van der Waals surface area contributed by atoms with Gasteiger partial charge in [0.1, 0.15) is 17.2 Å². The molecule has 0 spiro atoms. The topological polar surface area (TPSA) is 54.7 Å². The van der Waals surface area contributed by atoms with Crippen molar-refractivity contribution in [2.24, 2.45) is 0 Å². The molecular formula is C20H25FN2O3. The standard InChI is InChI=1S/C20H25FN2O3/c1-20(2,3)26-19(24)22-14-9-11-23(12-10-14)16-7-4-6-15(21)18(16)17-8-5-13-25-17/h4-8,13-14H,9-12H2,1-3H3,(H,22,24). The van der Waals surface area contributed by atoms with E-state index in [9.17, 15) is 9.18 Å². The summed E-state index contributed by atoms with van der Waals surface area (Å²) in [4.78, 5) is 14.1. The molecule has 0 atom stereocenters. The fraction of sp³-hybridized carbons (Fsp3) is 0.450. The number of nitrogens with one attached hydrogen (secondary N) is 1. The Morgan fingerprint density at radius 2 is 1.96 bits per heavy atom. The minimum Gasteiger partial charge on any atom is -0.464 e. The molecule has 1 amide bonds. The van der Waals surface area contributed by atoms with Crippen molar-refractivity contribution in [3.63, 3.8) is 0 Å². The minimum atomic E-state index is -0.510. The van der Waals surface area contributed by atoms with E-state index in [0.29, 0.717) is 11.3 Å². The third-order valence-corrected chi connectivity index (χ3v) is 4.32. The smallest absolute Gasteiger partial charge is 0.407 e. The molecule has 1 aromatic carbocycles. The summed E-state index contributed by atoms with van der Waals surface area (Å²) in [6.07, 6.45) is 2.70. The molecule has 0 saturated carbocycles. The van der Waals surface area contributed by atoms with E-state index in [1.807, 2.05) is 26.8 Å². The van der Waals surface area contributed by atoms with Crippen molar-refractivity contribution < 1.29 is 18.3 Å². The van der Waals surface area contributed by atoms with Crippen LogP contribution in [0.25, 0.3) is 11.3 Å². The second-order valence-electron chi connectivity index (χ2n) is 7.52. The van der Waals surface area contributed by atoms with E-state index in [2.05, 4.69) is 10.2 Å². The Hall–Kier alpha value is -2.50. The SMILES string of the molecule is CC(C)(C)OC(=O)NC1CCN(c2cccc(F)c2-c2ccco2)CC1. The van der Waals surface area contributed by atoms with Gasteiger partial charge in [-0.05, 0) is 57.9 Å². The Labute approximate surface area is 153 Å². The van der Waals surface area contributed by atoms with Gasteiger partial charge in [0.15, 0.2) is 0 Å². The highest BCUT2D eigenvalue weighted by atomic mass is 19.1. The summed E-state index contributed by atoms with van der Waals surface area (Å²) in [6.45, 7) is 6.97. The van der Waals surface area contributed by atoms with Crippen LogP contribution in [0.4, 0.5) is 14.9 Å². The van der Waals surface area contributed by atoms with Crippen LogP contribution in [0.2, 0.25) is 0 Å². The van der Waals surface area contributed by atoms with Crippen LogP contribution in [-0.4, -0.2) is 30.8 Å². The van der Waals surface area contributed by atoms with E-state index >= 15 is 0 Å². The Balaban J connectivity index is 1.66. The average molecular weight is 360 g/mol. The number of piperidine rings is 1. The summed E-state index contributed by atoms with van der Waals surface area (Å²) in [5.41, 5.74) is 0.788. The molecule has 0 bridgehead atoms. The number of hydrogen-bond acceptors (Lipinski definition) is 4. The molecule has 0 radical (unpaired) electrons. The van der Waals surface area contributed by atoms with E-state index in [1.165, 1.54) is 6.07 Å². The van der Waals surface area contributed by atoms with Crippen LogP contribution in [0.15, 0.2) is 41.0 Å². The highest BCUT2D eigenvalue weighted by Gasteiger charge is 2.26. The van der Waals surface area contributed by atoms with Crippen LogP contribution in [0.3, 0.4) is 0 Å². The number of benzene rings is 1. The van der Waals surface area contributed by atoms with Crippen molar-refractivity contribution in [1.82, 2.24) is 5.32 Å². The molecule has 0 aliphatic carbocycles. The Morgan fingerprint density at radius 3 is 2.58 bits per heavy atom. The predicted octanol–water partition coefficient (Wildman–Crippen LogP) is 4.58. The molecule has 2 heterocycles. The van der Waals surface area contributed by atoms with E-state index in [1.54, 1.807) is 24.5 Å². The molecule has 26 heavy (non-hydrogen) atoms. The quantitative estimate of drug-likeness (QED) is 0.870. The first-order valence-electron chi connectivity index (χ1n) is 8.90. The van der Waals surface area contributed by atoms with Crippen LogP contribution in [-0.2, 0) is 4.74 Å². The van der Waals surface area contributed by atoms with Gasteiger partial charge in [-0.15, -0.1) is 0 Å². The van der Waals surface area contributed by atoms with E-state index in [4.69, 9.17) is 9.15 Å². The van der Waals surface area contributed by atoms with Gasteiger partial charge >= 0.3 is 6.09 Å². The number of hydrogen-bond donors (Lipinski definition) is 1. The van der Waals surface area contributed by atoms with Crippen LogP contribution in [0.5, 0.6) is 0 Å². The first-order chi connectivity index (χ1) is 12.3. The predicted molar refractivity (Wildman–Crippen MR) is 98.7 cm³/mol. The van der Waals surface area contributed by atoms with Crippen LogP contribution >= 0.6 is 0 Å². The molecule has 1 fully saturated rings. The summed E-state index contributed by atoms with van der Waals surface area (Å²) in [5, 5.41) is 2.92. The molecular weight excluding hydrogens is 335 g/mol. The third-order valence-electron chi connectivity index (χ3n) is 4.32. The summed E-state index contributed by atoms with van der Waals surface area (Å²) < 4.78 is 25.1. The van der Waals surface area contributed by atoms with Crippen LogP contribution < -0.4 is 10.2 Å². The first-order valence-corrected chi connectivity index (χ1v) is 8.90. The number of rotatable bonds is 3. The van der Waals surface area contributed by atoms with Crippen molar-refractivity contribution in [2.45, 2.75) is 45.3 Å². The lowest BCUT2D eigenvalue weighted by atomic mass is 10.0. The van der Waals surface area contributed by atoms with E-state index in [0.717, 1.165) is 31.6 Å². The van der Waals surface area contributed by atoms with Crippen LogP contribution in [0.1, 0.15) is 33.6 Å². The Kier molecular flexibility index (Phi) is 5.20. The van der Waals surface area contributed by atoms with Gasteiger partial charge in [0.2, 0.25) is 0 Å². The fourth-order valence-corrected chi connectivity index (χ4v) is 3.18. The van der Waals surface area contributed by atoms with Crippen molar-refractivity contribution >= 4 is 11.8 Å². The number of halogens is 1. The van der Waals surface area contributed by atoms with Gasteiger partial charge in [0.25, 0.3) is 0 Å². The van der Waals surface area contributed by atoms with Gasteiger partial charge in [-0.2, -0.15) is 0 Å². The summed E-state index contributed by atoms with van der Waals surface area (Å²) in [6, 6.07) is 8.63. The number of nitrogens with zero attached hydrogens (tertiary/aromatic N) is 1. The maximum Gasteiger partial charge on any atom is 0.407 e. The number of furan rings is 1. The zero-order chi connectivity index (χ0) is 18.7. The van der Waals surface area contributed by atoms with Gasteiger partial charge in [-0.1, -0.05) is 6.07 Å². The number of alkyl carbamates (subject to hydrolysis) is 1. The summed E-state index contributed by atoms with van der Waals surface area (Å²) in [7, 11) is 0. The van der Waals surface area contributed by atoms with Crippen molar-refractivity contribution in [3.8, 4) is 11.3 Å². The van der Waals surface area contributed by atoms with Gasteiger partial charge in [0, 0.05) is 19.1 Å². The van der Waals surface area contributed by atoms with Crippen LogP contribution in [0, 0.1) is 5.82 Å². The van der Waals surface area contributed by atoms with Crippen molar-refractivity contribution in [3.05, 3.63) is 42.4 Å². The van der Waals surface area contributed by atoms with E-state index < -0.39 is 11.7 Å². The monoisotopic (exact) mass is 360 g/mol. The highest BCUT2D eigenvalue weighted by molar-refractivity contribution is 5.76. The summed E-state index contributed by atoms with van der Waals surface area (Å²) in [5.74, 6) is 0.221. The van der Waals surface area contributed by atoms with Gasteiger partial charge < -0.3 is 19.4 Å². The van der Waals surface area contributed by atoms with Gasteiger partial charge in [-0.3, -0.25) is 0 Å². The molecule has 0 unspecified atom stereocenters. The molecule has 1 N–H and O–H groups in total. The third kappa shape index (κ3) is 4.36. The normalized spacial score (nSPS) is 15.8. The second kappa shape index (κ2) is 7.40. The number of amides is 1. The van der Waals surface area contributed by atoms with Crippen molar-refractivity contribution in [1.29, 1.82) is 0 Å². The maximum atomic E-state index is 14.4. The number of carbonyl (C=O) groups excluding carboxylic acids is 1. The molecule has 1 aliphatic heterocycles. The average Bonchev–Trinajstić information content (AvgIpc) is 3.07. The van der Waals surface area contributed by atoms with Gasteiger partial charge in [0.05, 0.1) is 17.5 Å². The number of carbonyl (C=O) groups is 1. The zero-order valence-corrected chi connectivity index (χ0v) is 15.4. The Bertz CT molecular complexity index is 745. The lowest BCUT2D eigenvalue weighted by Crippen LogP contribution is -2.46. The van der Waals surface area contributed by atoms with Gasteiger partial charge in [-0.25, -0.2) is 9.18 Å². The minimum absolute atomic E-state index is 0.0571. The number of anilines is 1. The molecule has 2 aromatic rings. The lowest BCUT2D eigenvalue weighted by molar-refractivity contribution is 0.0497. The largest absolute Gasteiger partial charge is 0.464 e. The summed E-state index contributed by atoms with van der Waals surface area (Å²) >= 11 is 0. The molecule has 1 aromatic heterocycles. The molecule has 140 valence electrons. The lowest BCUT2D eigenvalue weighted by Gasteiger charge is -2.35. The Morgan fingerprint density at radius 1 is 1.23 bits per heavy atom. The molecule has 1 saturated heterocycles. The molecule has 3 rings (SSSR count). The fourth-order valence-electron chi connectivity index (χ4n) is 3.18. The maximum absolute atomic E-state index is 14.4. The van der Waals surface area contributed by atoms with E-state index in [-0.39, 0.29) is 11.9 Å². The molecule has 5 nitrogen and oxygen atoms in total. The highest BCUT2D eigenvalue weighted by Crippen LogP contribution is 2.35. The molecule has 6 heteroatoms. The molecule has 1 aliphatic rings. The first kappa shape index (κ1) is 18.3. The number of ether oxygens (including phenoxy) is 1. The second-order valence-corrected chi connectivity index (χ2v) is 7.52. The van der Waals surface area contributed by atoms with Crippen molar-refractivity contribution in [2.75, 3.05) is 18.0 Å².